The van der Waals surface area contributed by atoms with Gasteiger partial charge in [-0.15, -0.1) is 10.2 Å². The molecule has 0 spiro atoms. The molecule has 6 nitrogen and oxygen atoms in total. The summed E-state index contributed by atoms with van der Waals surface area (Å²) in [6.07, 6.45) is 1.45. The molecule has 6 heteroatoms. The van der Waals surface area contributed by atoms with E-state index in [0.717, 1.165) is 5.69 Å². The minimum absolute atomic E-state index is 0.232. The summed E-state index contributed by atoms with van der Waals surface area (Å²) in [6.45, 7) is 0. The second-order valence-electron chi connectivity index (χ2n) is 3.25. The van der Waals surface area contributed by atoms with Gasteiger partial charge in [-0.1, -0.05) is 18.2 Å². The summed E-state index contributed by atoms with van der Waals surface area (Å²) >= 11 is 0. The molecule has 0 aliphatic carbocycles. The topological polar surface area (TPSA) is 76.5 Å². The summed E-state index contributed by atoms with van der Waals surface area (Å²) in [5.41, 5.74) is 1.10. The Morgan fingerprint density at radius 1 is 1.12 bits per heavy atom. The number of aromatic nitrogens is 5. The number of para-hydroxylation sites is 1. The van der Waals surface area contributed by atoms with Gasteiger partial charge in [0, 0.05) is 0 Å². The van der Waals surface area contributed by atoms with Crippen molar-refractivity contribution in [3.8, 4) is 5.69 Å². The van der Waals surface area contributed by atoms with Crippen molar-refractivity contribution in [3.63, 3.8) is 0 Å². The quantitative estimate of drug-likeness (QED) is 0.638. The van der Waals surface area contributed by atoms with Crippen LogP contribution in [-0.4, -0.2) is 25.0 Å². The molecule has 0 atom stereocenters. The number of H-pyrrole nitrogens is 1. The number of nitrogens with one attached hydrogen (secondary N) is 1. The lowest BCUT2D eigenvalue weighted by molar-refractivity contribution is 0.952. The van der Waals surface area contributed by atoms with Crippen molar-refractivity contribution in [2.24, 2.45) is 0 Å². The van der Waals surface area contributed by atoms with Crippen LogP contribution in [0.1, 0.15) is 0 Å². The molecule has 16 heavy (non-hydrogen) atoms. The van der Waals surface area contributed by atoms with Crippen molar-refractivity contribution >= 4 is 11.2 Å². The second kappa shape index (κ2) is 3.27. The number of rotatable bonds is 1. The van der Waals surface area contributed by atoms with E-state index in [1.807, 2.05) is 30.3 Å². The Labute approximate surface area is 89.6 Å². The van der Waals surface area contributed by atoms with E-state index in [9.17, 15) is 4.79 Å². The molecule has 0 saturated heterocycles. The number of benzene rings is 1. The Balaban J connectivity index is 2.33. The largest absolute Gasteiger partial charge is 0.288 e. The van der Waals surface area contributed by atoms with E-state index in [4.69, 9.17) is 0 Å². The minimum atomic E-state index is -0.232. The van der Waals surface area contributed by atoms with Crippen LogP contribution in [0.5, 0.6) is 0 Å². The maximum atomic E-state index is 12.0. The number of fused-ring (bicyclic) bond motifs is 1. The Morgan fingerprint density at radius 2 is 1.94 bits per heavy atom. The van der Waals surface area contributed by atoms with Gasteiger partial charge in [0.15, 0.2) is 5.52 Å². The van der Waals surface area contributed by atoms with Crippen LogP contribution in [0.25, 0.3) is 16.9 Å². The summed E-state index contributed by atoms with van der Waals surface area (Å²) in [6, 6.07) is 9.25. The number of aromatic amines is 1. The zero-order valence-electron chi connectivity index (χ0n) is 8.16. The first-order valence-electron chi connectivity index (χ1n) is 4.70. The van der Waals surface area contributed by atoms with E-state index in [1.165, 1.54) is 10.9 Å². The van der Waals surface area contributed by atoms with Crippen LogP contribution in [0.3, 0.4) is 0 Å². The molecule has 78 valence electrons. The zero-order valence-corrected chi connectivity index (χ0v) is 8.16. The Kier molecular flexibility index (Phi) is 1.79. The van der Waals surface area contributed by atoms with Gasteiger partial charge >= 0.3 is 0 Å². The number of hydrogen-bond donors (Lipinski definition) is 1. The molecule has 0 saturated carbocycles. The minimum Gasteiger partial charge on any atom is -0.266 e. The highest BCUT2D eigenvalue weighted by Crippen LogP contribution is 2.04. The van der Waals surface area contributed by atoms with Gasteiger partial charge in [-0.05, 0) is 12.1 Å². The van der Waals surface area contributed by atoms with Crippen molar-refractivity contribution in [3.05, 3.63) is 47.0 Å². The first-order valence-corrected chi connectivity index (χ1v) is 4.70. The predicted octanol–water partition coefficient (Wildman–Crippen LogP) is 0.504. The molecule has 3 aromatic rings. The van der Waals surface area contributed by atoms with Gasteiger partial charge in [-0.2, -0.15) is 5.21 Å². The standard InChI is InChI=1S/C10H7N5O/c16-10-8-9(13-14-12-8)11-6-15(10)7-4-2-1-3-5-7/h1-6H,(H,12,13,14). The fraction of sp³-hybridized carbons (Fsp3) is 0. The van der Waals surface area contributed by atoms with Crippen LogP contribution in [0.4, 0.5) is 0 Å². The van der Waals surface area contributed by atoms with Crippen molar-refractivity contribution in [1.82, 2.24) is 25.0 Å². The van der Waals surface area contributed by atoms with E-state index in [-0.39, 0.29) is 11.1 Å². The van der Waals surface area contributed by atoms with E-state index >= 15 is 0 Å². The smallest absolute Gasteiger partial charge is 0.266 e. The third-order valence-corrected chi connectivity index (χ3v) is 2.28. The van der Waals surface area contributed by atoms with Crippen molar-refractivity contribution in [1.29, 1.82) is 0 Å². The molecular weight excluding hydrogens is 206 g/mol. The molecule has 1 aromatic carbocycles. The van der Waals surface area contributed by atoms with E-state index < -0.39 is 0 Å². The molecule has 0 bridgehead atoms. The molecule has 0 aliphatic rings. The summed E-state index contributed by atoms with van der Waals surface area (Å²) in [5.74, 6) is 0. The molecule has 0 unspecified atom stereocenters. The van der Waals surface area contributed by atoms with Crippen molar-refractivity contribution in [2.75, 3.05) is 0 Å². The number of hydrogen-bond acceptors (Lipinski definition) is 4. The first-order chi connectivity index (χ1) is 7.86. The van der Waals surface area contributed by atoms with Crippen LogP contribution >= 0.6 is 0 Å². The van der Waals surface area contributed by atoms with Crippen LogP contribution in [0.15, 0.2) is 41.5 Å². The van der Waals surface area contributed by atoms with Gasteiger partial charge in [-0.3, -0.25) is 9.36 Å². The third-order valence-electron chi connectivity index (χ3n) is 2.28. The van der Waals surface area contributed by atoms with Crippen molar-refractivity contribution in [2.45, 2.75) is 0 Å². The predicted molar refractivity (Wildman–Crippen MR) is 57.3 cm³/mol. The van der Waals surface area contributed by atoms with Crippen LogP contribution < -0.4 is 5.56 Å². The summed E-state index contributed by atoms with van der Waals surface area (Å²) in [4.78, 5) is 16.0. The average molecular weight is 213 g/mol. The monoisotopic (exact) mass is 213 g/mol. The van der Waals surface area contributed by atoms with Gasteiger partial charge in [0.1, 0.15) is 6.33 Å². The molecule has 2 heterocycles. The van der Waals surface area contributed by atoms with Gasteiger partial charge in [-0.25, -0.2) is 4.98 Å². The Bertz CT molecular complexity index is 685. The highest BCUT2D eigenvalue weighted by atomic mass is 16.1. The molecule has 2 aromatic heterocycles. The lowest BCUT2D eigenvalue weighted by Gasteiger charge is -2.02. The van der Waals surface area contributed by atoms with Crippen LogP contribution in [0.2, 0.25) is 0 Å². The van der Waals surface area contributed by atoms with E-state index in [0.29, 0.717) is 5.65 Å². The molecule has 0 amide bonds. The number of nitrogens with zero attached hydrogens (tertiary/aromatic N) is 4. The zero-order chi connectivity index (χ0) is 11.0. The maximum Gasteiger partial charge on any atom is 0.288 e. The first kappa shape index (κ1) is 8.78. The SMILES string of the molecule is O=c1c2n[nH]nc2ncn1-c1ccccc1. The van der Waals surface area contributed by atoms with E-state index in [1.54, 1.807) is 0 Å². The Hall–Kier alpha value is -2.50. The Morgan fingerprint density at radius 3 is 2.75 bits per heavy atom. The van der Waals surface area contributed by atoms with Gasteiger partial charge < -0.3 is 0 Å². The molecule has 1 N–H and O–H groups in total. The van der Waals surface area contributed by atoms with Gasteiger partial charge in [0.25, 0.3) is 5.56 Å². The van der Waals surface area contributed by atoms with Gasteiger partial charge in [0.2, 0.25) is 5.65 Å². The third kappa shape index (κ3) is 1.20. The lowest BCUT2D eigenvalue weighted by atomic mass is 10.3. The molecule has 0 aliphatic heterocycles. The fourth-order valence-electron chi connectivity index (χ4n) is 1.51. The summed E-state index contributed by atoms with van der Waals surface area (Å²) in [7, 11) is 0. The maximum absolute atomic E-state index is 12.0. The average Bonchev–Trinajstić information content (AvgIpc) is 2.80. The van der Waals surface area contributed by atoms with Crippen molar-refractivity contribution < 1.29 is 0 Å². The highest BCUT2D eigenvalue weighted by Gasteiger charge is 2.08. The second-order valence-corrected chi connectivity index (χ2v) is 3.25. The van der Waals surface area contributed by atoms with E-state index in [2.05, 4.69) is 20.4 Å². The molecule has 0 fully saturated rings. The van der Waals surface area contributed by atoms with Crippen LogP contribution in [0, 0.1) is 0 Å². The van der Waals surface area contributed by atoms with Crippen LogP contribution in [-0.2, 0) is 0 Å². The molecule has 3 rings (SSSR count). The lowest BCUT2D eigenvalue weighted by Crippen LogP contribution is -2.18. The molecular formula is C10H7N5O. The fourth-order valence-corrected chi connectivity index (χ4v) is 1.51. The van der Waals surface area contributed by atoms with Gasteiger partial charge in [0.05, 0.1) is 5.69 Å². The highest BCUT2D eigenvalue weighted by molar-refractivity contribution is 5.67. The summed E-state index contributed by atoms with van der Waals surface area (Å²) < 4.78 is 1.44. The normalized spacial score (nSPS) is 10.8. The molecule has 0 radical (unpaired) electrons. The summed E-state index contributed by atoms with van der Waals surface area (Å²) in [5, 5.41) is 9.91.